The average molecular weight is 449 g/mol. The van der Waals surface area contributed by atoms with Gasteiger partial charge < -0.3 is 0 Å². The molecule has 0 unspecified atom stereocenters. The molecule has 0 amide bonds. The van der Waals surface area contributed by atoms with E-state index in [0.717, 1.165) is 0 Å². The third-order valence-corrected chi connectivity index (χ3v) is 4.19. The summed E-state index contributed by atoms with van der Waals surface area (Å²) in [6.07, 6.45) is -10.4. The van der Waals surface area contributed by atoms with Gasteiger partial charge in [0.05, 0.1) is 12.8 Å². The van der Waals surface area contributed by atoms with Gasteiger partial charge >= 0.3 is 20.6 Å². The molecule has 0 saturated heterocycles. The molecule has 2 aromatic rings. The average Bonchev–Trinajstić information content (AvgIpc) is 2.68. The molecule has 0 aromatic heterocycles. The quantitative estimate of drug-likeness (QED) is 0.236. The molecule has 30 heavy (non-hydrogen) atoms. The lowest BCUT2D eigenvalue weighted by atomic mass is 10.1. The molecule has 0 spiro atoms. The summed E-state index contributed by atoms with van der Waals surface area (Å²) in [7, 11) is -3.12. The normalized spacial score (nSPS) is 13.7. The molecule has 0 bridgehead atoms. The molecule has 10 heteroatoms. The Kier molecular flexibility index (Phi) is 8.06. The van der Waals surface area contributed by atoms with Crippen LogP contribution < -0.4 is 0 Å². The minimum absolute atomic E-state index is 0.203. The first-order chi connectivity index (χ1) is 14.0. The van der Waals surface area contributed by atoms with E-state index in [1.807, 2.05) is 0 Å². The third kappa shape index (κ3) is 8.69. The van der Waals surface area contributed by atoms with Gasteiger partial charge in [0.15, 0.2) is 11.5 Å². The molecule has 0 aliphatic heterocycles. The highest BCUT2D eigenvalue weighted by atomic mass is 31.1. The highest BCUT2D eigenvalue weighted by Gasteiger charge is 2.32. The van der Waals surface area contributed by atoms with Crippen molar-refractivity contribution in [3.8, 4) is 0 Å². The van der Waals surface area contributed by atoms with Crippen molar-refractivity contribution in [3.63, 3.8) is 0 Å². The van der Waals surface area contributed by atoms with Crippen molar-refractivity contribution in [1.82, 2.24) is 0 Å². The predicted molar refractivity (Wildman–Crippen MR) is 100.0 cm³/mol. The Morgan fingerprint density at radius 1 is 0.700 bits per heavy atom. The molecule has 160 valence electrons. The summed E-state index contributed by atoms with van der Waals surface area (Å²) in [6.45, 7) is 0. The van der Waals surface area contributed by atoms with Crippen LogP contribution in [0.2, 0.25) is 0 Å². The second kappa shape index (κ2) is 10.3. The lowest BCUT2D eigenvalue weighted by Crippen LogP contribution is -2.05. The van der Waals surface area contributed by atoms with E-state index in [0.29, 0.717) is 12.2 Å². The highest BCUT2D eigenvalue weighted by molar-refractivity contribution is 7.34. The van der Waals surface area contributed by atoms with E-state index in [9.17, 15) is 30.9 Å². The summed E-state index contributed by atoms with van der Waals surface area (Å²) in [5, 5.41) is 0. The van der Waals surface area contributed by atoms with Crippen LogP contribution in [0.4, 0.5) is 26.3 Å². The van der Waals surface area contributed by atoms with Crippen LogP contribution in [0.25, 0.3) is 11.5 Å². The Morgan fingerprint density at radius 3 is 1.33 bits per heavy atom. The van der Waals surface area contributed by atoms with Gasteiger partial charge in [-0.2, -0.15) is 26.3 Å². The summed E-state index contributed by atoms with van der Waals surface area (Å²) in [5.41, 5.74) is 0.406. The van der Waals surface area contributed by atoms with Gasteiger partial charge in [-0.15, -0.1) is 0 Å². The number of benzene rings is 2. The molecular formula is C20H16F6O3P+. The second-order valence-corrected chi connectivity index (χ2v) is 6.73. The zero-order valence-corrected chi connectivity index (χ0v) is 16.2. The lowest BCUT2D eigenvalue weighted by Gasteiger charge is -2.06. The summed E-state index contributed by atoms with van der Waals surface area (Å²) < 4.78 is 98.0. The topological polar surface area (TPSA) is 35.5 Å². The van der Waals surface area contributed by atoms with Gasteiger partial charge in [-0.25, -0.2) is 9.05 Å². The Morgan fingerprint density at radius 2 is 1.03 bits per heavy atom. The number of rotatable bonds is 8. The lowest BCUT2D eigenvalue weighted by molar-refractivity contribution is -0.125. The summed E-state index contributed by atoms with van der Waals surface area (Å²) in [4.78, 5) is 0. The van der Waals surface area contributed by atoms with E-state index in [1.165, 1.54) is 48.5 Å². The summed E-state index contributed by atoms with van der Waals surface area (Å²) in [5.74, 6) is -0.727. The van der Waals surface area contributed by atoms with Gasteiger partial charge in [0.25, 0.3) is 0 Å². The first-order valence-corrected chi connectivity index (χ1v) is 9.61. The molecule has 0 saturated carbocycles. The predicted octanol–water partition coefficient (Wildman–Crippen LogP) is 7.66. The molecule has 3 nitrogen and oxygen atoms in total. The fourth-order valence-electron chi connectivity index (χ4n) is 2.22. The fraction of sp³-hybridized carbons (Fsp3) is 0.200. The minimum Gasteiger partial charge on any atom is -0.222 e. The number of alkyl halides is 6. The SMILES string of the molecule is O=[P+](OC(=CCC(F)(F)F)c1ccccc1)OC(=CCC(F)(F)F)c1ccccc1. The molecule has 0 radical (unpaired) electrons. The molecule has 0 heterocycles. The molecule has 2 rings (SSSR count). The van der Waals surface area contributed by atoms with E-state index in [4.69, 9.17) is 9.05 Å². The van der Waals surface area contributed by atoms with Gasteiger partial charge in [-0.3, -0.25) is 0 Å². The Hall–Kier alpha value is -2.80. The standard InChI is InChI=1S/C20H16F6O3P/c21-19(22,23)13-11-17(15-7-3-1-4-8-15)28-30(27)29-18(12-14-20(24,25)26)16-9-5-2-6-10-16/h1-12H,13-14H2/q+1. The zero-order valence-electron chi connectivity index (χ0n) is 15.3. The van der Waals surface area contributed by atoms with Crippen molar-refractivity contribution in [1.29, 1.82) is 0 Å². The summed E-state index contributed by atoms with van der Waals surface area (Å²) >= 11 is 0. The van der Waals surface area contributed by atoms with Crippen LogP contribution in [0.5, 0.6) is 0 Å². The van der Waals surface area contributed by atoms with Crippen molar-refractivity contribution < 1.29 is 40.0 Å². The van der Waals surface area contributed by atoms with E-state index in [2.05, 4.69) is 0 Å². The van der Waals surface area contributed by atoms with Crippen molar-refractivity contribution in [3.05, 3.63) is 83.9 Å². The van der Waals surface area contributed by atoms with E-state index in [-0.39, 0.29) is 22.6 Å². The van der Waals surface area contributed by atoms with Gasteiger partial charge in [0, 0.05) is 15.7 Å². The molecule has 0 fully saturated rings. The molecule has 2 aromatic carbocycles. The van der Waals surface area contributed by atoms with Gasteiger partial charge in [0.1, 0.15) is 0 Å². The zero-order chi connectivity index (χ0) is 22.2. The minimum atomic E-state index is -4.53. The highest BCUT2D eigenvalue weighted by Crippen LogP contribution is 2.39. The maximum absolute atomic E-state index is 12.6. The first-order valence-electron chi connectivity index (χ1n) is 8.51. The van der Waals surface area contributed by atoms with Gasteiger partial charge in [0.2, 0.25) is 0 Å². The molecule has 0 N–H and O–H groups in total. The van der Waals surface area contributed by atoms with E-state index >= 15 is 0 Å². The van der Waals surface area contributed by atoms with Gasteiger partial charge in [-0.1, -0.05) is 60.7 Å². The van der Waals surface area contributed by atoms with Crippen LogP contribution in [-0.2, 0) is 13.6 Å². The van der Waals surface area contributed by atoms with Crippen molar-refractivity contribution in [2.24, 2.45) is 0 Å². The molecular weight excluding hydrogens is 433 g/mol. The number of hydrogen-bond donors (Lipinski definition) is 0. The number of allylic oxidation sites excluding steroid dienone is 2. The van der Waals surface area contributed by atoms with Crippen LogP contribution in [0, 0.1) is 0 Å². The van der Waals surface area contributed by atoms with Crippen LogP contribution >= 0.6 is 8.25 Å². The third-order valence-electron chi connectivity index (χ3n) is 3.50. The molecule has 0 atom stereocenters. The number of halogens is 6. The maximum atomic E-state index is 12.6. The number of hydrogen-bond acceptors (Lipinski definition) is 3. The maximum Gasteiger partial charge on any atom is 0.805 e. The Labute approximate surface area is 169 Å². The van der Waals surface area contributed by atoms with E-state index < -0.39 is 33.4 Å². The fourth-order valence-corrected chi connectivity index (χ4v) is 2.93. The Bertz CT molecular complexity index is 817. The molecule has 0 aliphatic carbocycles. The molecule has 0 aliphatic rings. The Balaban J connectivity index is 2.24. The summed E-state index contributed by atoms with van der Waals surface area (Å²) in [6, 6.07) is 15.1. The van der Waals surface area contributed by atoms with Gasteiger partial charge in [-0.05, 0) is 12.2 Å². The first kappa shape index (κ1) is 23.5. The van der Waals surface area contributed by atoms with Crippen LogP contribution in [0.15, 0.2) is 72.8 Å². The van der Waals surface area contributed by atoms with Crippen LogP contribution in [0.3, 0.4) is 0 Å². The smallest absolute Gasteiger partial charge is 0.222 e. The van der Waals surface area contributed by atoms with Crippen molar-refractivity contribution in [2.45, 2.75) is 25.2 Å². The largest absolute Gasteiger partial charge is 0.805 e. The monoisotopic (exact) mass is 449 g/mol. The van der Waals surface area contributed by atoms with Crippen molar-refractivity contribution in [2.75, 3.05) is 0 Å². The van der Waals surface area contributed by atoms with Crippen LogP contribution in [-0.4, -0.2) is 12.4 Å². The van der Waals surface area contributed by atoms with Crippen molar-refractivity contribution >= 4 is 19.8 Å². The van der Waals surface area contributed by atoms with E-state index in [1.54, 1.807) is 12.1 Å². The van der Waals surface area contributed by atoms with Crippen LogP contribution in [0.1, 0.15) is 24.0 Å². The second-order valence-electron chi connectivity index (χ2n) is 5.91.